The Bertz CT molecular complexity index is 81.1. The summed E-state index contributed by atoms with van der Waals surface area (Å²) in [6, 6.07) is 0. The minimum atomic E-state index is -0.716. The molecule has 0 amide bonds. The van der Waals surface area contributed by atoms with Crippen molar-refractivity contribution in [2.75, 3.05) is 0 Å². The van der Waals surface area contributed by atoms with E-state index in [-0.39, 0.29) is 28.1 Å². The van der Waals surface area contributed by atoms with Crippen LogP contribution in [0.15, 0.2) is 0 Å². The number of rotatable bonds is 3. The standard InChI is InChI=1S/C6H11O2.Ti/c1-5(2)3-4-6(7)8;/h3-4H2,1-2H3,(H,7,8);. The quantitative estimate of drug-likeness (QED) is 0.639. The van der Waals surface area contributed by atoms with Gasteiger partial charge in [0.1, 0.15) is 0 Å². The summed E-state index contributed by atoms with van der Waals surface area (Å²) in [5.74, 6) is 0.457. The van der Waals surface area contributed by atoms with Crippen LogP contribution < -0.4 is 0 Å². The minimum absolute atomic E-state index is 0. The van der Waals surface area contributed by atoms with Crippen molar-refractivity contribution in [1.29, 1.82) is 0 Å². The summed E-state index contributed by atoms with van der Waals surface area (Å²) in [7, 11) is 0. The number of carboxylic acid groups (broad SMARTS) is 1. The Morgan fingerprint density at radius 1 is 1.33 bits per heavy atom. The smallest absolute Gasteiger partial charge is 0.303 e. The van der Waals surface area contributed by atoms with Crippen LogP contribution in [-0.2, 0) is 26.5 Å². The molecular formula is C6H11O2Ti. The van der Waals surface area contributed by atoms with Crippen LogP contribution in [0.3, 0.4) is 0 Å². The Morgan fingerprint density at radius 3 is 1.89 bits per heavy atom. The Kier molecular flexibility index (Phi) is 8.35. The first-order valence-corrected chi connectivity index (χ1v) is 2.63. The van der Waals surface area contributed by atoms with Gasteiger partial charge in [-0.2, -0.15) is 0 Å². The number of carbonyl (C=O) groups is 1. The van der Waals surface area contributed by atoms with E-state index >= 15 is 0 Å². The molecule has 0 atom stereocenters. The van der Waals surface area contributed by atoms with Gasteiger partial charge in [-0.3, -0.25) is 4.79 Å². The third kappa shape index (κ3) is 11.6. The van der Waals surface area contributed by atoms with Crippen LogP contribution in [0.1, 0.15) is 26.7 Å². The van der Waals surface area contributed by atoms with E-state index in [9.17, 15) is 4.79 Å². The van der Waals surface area contributed by atoms with Gasteiger partial charge in [0.15, 0.2) is 0 Å². The zero-order chi connectivity index (χ0) is 6.57. The van der Waals surface area contributed by atoms with Crippen molar-refractivity contribution in [3.63, 3.8) is 0 Å². The number of hydrogen-bond donors (Lipinski definition) is 1. The van der Waals surface area contributed by atoms with Crippen LogP contribution in [-0.4, -0.2) is 11.1 Å². The van der Waals surface area contributed by atoms with Crippen LogP contribution in [0, 0.1) is 5.92 Å². The van der Waals surface area contributed by atoms with Gasteiger partial charge < -0.3 is 5.11 Å². The van der Waals surface area contributed by atoms with Crippen molar-refractivity contribution in [2.45, 2.75) is 26.7 Å². The SMILES string of the molecule is C[C](C)CCC(=O)O.[Ti]. The first-order chi connectivity index (χ1) is 3.63. The van der Waals surface area contributed by atoms with Crippen LogP contribution in [0.4, 0.5) is 0 Å². The van der Waals surface area contributed by atoms with Crippen molar-refractivity contribution in [2.24, 2.45) is 0 Å². The molecule has 0 saturated carbocycles. The topological polar surface area (TPSA) is 37.3 Å². The summed E-state index contributed by atoms with van der Waals surface area (Å²) in [6.45, 7) is 3.87. The van der Waals surface area contributed by atoms with Gasteiger partial charge in [0.25, 0.3) is 0 Å². The first kappa shape index (κ1) is 11.9. The summed E-state index contributed by atoms with van der Waals surface area (Å²) in [5, 5.41) is 8.15. The maximum absolute atomic E-state index is 9.89. The Morgan fingerprint density at radius 2 is 1.78 bits per heavy atom. The van der Waals surface area contributed by atoms with E-state index < -0.39 is 5.97 Å². The molecule has 2 nitrogen and oxygen atoms in total. The van der Waals surface area contributed by atoms with Gasteiger partial charge in [0, 0.05) is 28.1 Å². The van der Waals surface area contributed by atoms with Crippen molar-refractivity contribution in [3.8, 4) is 0 Å². The summed E-state index contributed by atoms with van der Waals surface area (Å²) in [4.78, 5) is 9.89. The molecule has 0 aliphatic heterocycles. The molecule has 0 aliphatic carbocycles. The monoisotopic (exact) mass is 163 g/mol. The number of hydrogen-bond acceptors (Lipinski definition) is 1. The predicted molar refractivity (Wildman–Crippen MR) is 31.5 cm³/mol. The normalized spacial score (nSPS) is 8.78. The van der Waals surface area contributed by atoms with E-state index in [1.807, 2.05) is 13.8 Å². The maximum Gasteiger partial charge on any atom is 0.303 e. The van der Waals surface area contributed by atoms with E-state index in [4.69, 9.17) is 5.11 Å². The van der Waals surface area contributed by atoms with E-state index in [0.29, 0.717) is 6.42 Å². The van der Waals surface area contributed by atoms with Gasteiger partial charge >= 0.3 is 5.97 Å². The second-order valence-electron chi connectivity index (χ2n) is 2.10. The van der Waals surface area contributed by atoms with Gasteiger partial charge in [-0.05, 0) is 12.3 Å². The molecule has 1 radical (unpaired) electrons. The fourth-order valence-corrected chi connectivity index (χ4v) is 0.357. The second kappa shape index (κ2) is 6.31. The Hall–Kier alpha value is 0.184. The van der Waals surface area contributed by atoms with E-state index in [1.54, 1.807) is 0 Å². The summed E-state index contributed by atoms with van der Waals surface area (Å²) in [6.07, 6.45) is 0.970. The molecule has 0 rings (SSSR count). The maximum atomic E-state index is 9.89. The van der Waals surface area contributed by atoms with E-state index in [0.717, 1.165) is 0 Å². The third-order valence-corrected chi connectivity index (χ3v) is 0.839. The van der Waals surface area contributed by atoms with Gasteiger partial charge in [0.2, 0.25) is 0 Å². The zero-order valence-corrected chi connectivity index (χ0v) is 7.33. The van der Waals surface area contributed by atoms with Gasteiger partial charge in [-0.15, -0.1) is 0 Å². The van der Waals surface area contributed by atoms with Gasteiger partial charge in [-0.1, -0.05) is 13.8 Å². The molecule has 9 heavy (non-hydrogen) atoms. The Labute approximate surface area is 70.5 Å². The molecule has 0 aromatic heterocycles. The van der Waals surface area contributed by atoms with Crippen molar-refractivity contribution in [3.05, 3.63) is 5.92 Å². The summed E-state index contributed by atoms with van der Waals surface area (Å²) >= 11 is 0. The molecule has 0 aromatic carbocycles. The molecule has 0 aliphatic rings. The molecule has 0 spiro atoms. The summed E-state index contributed by atoms with van der Waals surface area (Å²) < 4.78 is 0. The summed E-state index contributed by atoms with van der Waals surface area (Å²) in [5.41, 5.74) is 0. The van der Waals surface area contributed by atoms with E-state index in [2.05, 4.69) is 0 Å². The minimum Gasteiger partial charge on any atom is -0.481 e. The van der Waals surface area contributed by atoms with Crippen LogP contribution in [0.25, 0.3) is 0 Å². The molecule has 0 heterocycles. The van der Waals surface area contributed by atoms with Crippen LogP contribution in [0.2, 0.25) is 0 Å². The fourth-order valence-electron chi connectivity index (χ4n) is 0.357. The predicted octanol–water partition coefficient (Wildman–Crippen LogP) is 1.46. The molecule has 1 N–H and O–H groups in total. The van der Waals surface area contributed by atoms with E-state index in [1.165, 1.54) is 5.92 Å². The van der Waals surface area contributed by atoms with Gasteiger partial charge in [0.05, 0.1) is 0 Å². The van der Waals surface area contributed by atoms with Gasteiger partial charge in [-0.25, -0.2) is 0 Å². The number of aliphatic carboxylic acids is 1. The average molecular weight is 163 g/mol. The zero-order valence-electron chi connectivity index (χ0n) is 5.77. The molecule has 0 bridgehead atoms. The van der Waals surface area contributed by atoms with Crippen molar-refractivity contribution in [1.82, 2.24) is 0 Å². The first-order valence-electron chi connectivity index (χ1n) is 2.63. The molecule has 0 aromatic rings. The van der Waals surface area contributed by atoms with Crippen molar-refractivity contribution >= 4 is 5.97 Å². The van der Waals surface area contributed by atoms with Crippen molar-refractivity contribution < 1.29 is 31.6 Å². The molecule has 0 fully saturated rings. The molecule has 51 valence electrons. The largest absolute Gasteiger partial charge is 0.481 e. The van der Waals surface area contributed by atoms with Crippen LogP contribution in [0.5, 0.6) is 0 Å². The average Bonchev–Trinajstić information content (AvgIpc) is 1.61. The molecule has 3 heteroatoms. The second-order valence-corrected chi connectivity index (χ2v) is 2.10. The molecule has 0 saturated heterocycles. The molecular weight excluding hydrogens is 152 g/mol. The third-order valence-electron chi connectivity index (χ3n) is 0.839. The number of carboxylic acids is 1. The Balaban J connectivity index is 0. The fraction of sp³-hybridized carbons (Fsp3) is 0.667. The van der Waals surface area contributed by atoms with Crippen LogP contribution >= 0.6 is 0 Å². The molecule has 0 unspecified atom stereocenters.